The molecule has 0 fully saturated rings. The van der Waals surface area contributed by atoms with Gasteiger partial charge in [0.2, 0.25) is 11.7 Å². The number of hydrogen-bond acceptors (Lipinski definition) is 5. The van der Waals surface area contributed by atoms with Gasteiger partial charge in [0.15, 0.2) is 0 Å². The Morgan fingerprint density at radius 2 is 2.11 bits per heavy atom. The second kappa shape index (κ2) is 7.02. The molecule has 0 saturated carbocycles. The number of carbonyl (C=O) groups is 2. The van der Waals surface area contributed by atoms with Crippen LogP contribution < -0.4 is 10.6 Å². The summed E-state index contributed by atoms with van der Waals surface area (Å²) in [5, 5.41) is 14.0. The van der Waals surface area contributed by atoms with E-state index in [1.54, 1.807) is 15.4 Å². The Kier molecular flexibility index (Phi) is 4.41. The Hall–Kier alpha value is -3.49. The van der Waals surface area contributed by atoms with Gasteiger partial charge < -0.3 is 10.6 Å². The van der Waals surface area contributed by atoms with E-state index in [2.05, 4.69) is 25.8 Å². The van der Waals surface area contributed by atoms with Crippen LogP contribution in [0.2, 0.25) is 0 Å². The molecule has 2 aromatic heterocycles. The van der Waals surface area contributed by atoms with Gasteiger partial charge in [-0.3, -0.25) is 9.59 Å². The van der Waals surface area contributed by atoms with E-state index >= 15 is 0 Å². The van der Waals surface area contributed by atoms with Gasteiger partial charge in [0, 0.05) is 12.6 Å². The number of nitrogens with zero attached hydrogens (tertiary/aromatic N) is 5. The van der Waals surface area contributed by atoms with Crippen molar-refractivity contribution in [1.29, 1.82) is 0 Å². The van der Waals surface area contributed by atoms with Crippen LogP contribution in [-0.2, 0) is 17.9 Å². The minimum Gasteiger partial charge on any atom is -0.337 e. The number of anilines is 1. The first-order valence-corrected chi connectivity index (χ1v) is 8.68. The maximum atomic E-state index is 12.4. The molecule has 1 aromatic carbocycles. The maximum Gasteiger partial charge on any atom is 0.291 e. The van der Waals surface area contributed by atoms with Crippen molar-refractivity contribution in [2.45, 2.75) is 32.5 Å². The van der Waals surface area contributed by atoms with Crippen LogP contribution in [0.15, 0.2) is 42.7 Å². The molecule has 0 aliphatic carbocycles. The Morgan fingerprint density at radius 3 is 2.93 bits per heavy atom. The number of carbonyl (C=O) groups excluding carboxylic acids is 2. The lowest BCUT2D eigenvalue weighted by Gasteiger charge is -2.13. The largest absolute Gasteiger partial charge is 0.337 e. The van der Waals surface area contributed by atoms with Crippen molar-refractivity contribution in [1.82, 2.24) is 29.9 Å². The zero-order valence-corrected chi connectivity index (χ0v) is 14.8. The van der Waals surface area contributed by atoms with E-state index in [0.29, 0.717) is 25.3 Å². The number of aryl methyl sites for hydroxylation is 2. The highest BCUT2D eigenvalue weighted by molar-refractivity contribution is 5.99. The van der Waals surface area contributed by atoms with Gasteiger partial charge in [0.25, 0.3) is 5.91 Å². The van der Waals surface area contributed by atoms with Crippen LogP contribution in [0.4, 0.5) is 5.82 Å². The standard InChI is InChI=1S/C18H19N7O2/c1-12-9-15-21-17(26)14(7-8-25(15)22-12)20-18(27)16-19-11-24(23-16)10-13-5-3-2-4-6-13/h2-6,9,11,14H,7-8,10H2,1H3,(H,20,27)(H,21,26)/t14-/m1/s1. The molecule has 3 aromatic rings. The van der Waals surface area contributed by atoms with E-state index in [1.807, 2.05) is 37.3 Å². The van der Waals surface area contributed by atoms with E-state index in [9.17, 15) is 9.59 Å². The fraction of sp³-hybridized carbons (Fsp3) is 0.278. The molecular weight excluding hydrogens is 346 g/mol. The van der Waals surface area contributed by atoms with Crippen LogP contribution in [0.25, 0.3) is 0 Å². The van der Waals surface area contributed by atoms with E-state index in [1.165, 1.54) is 6.33 Å². The third kappa shape index (κ3) is 3.71. The highest BCUT2D eigenvalue weighted by Crippen LogP contribution is 2.16. The molecule has 1 aliphatic heterocycles. The topological polar surface area (TPSA) is 107 Å². The van der Waals surface area contributed by atoms with Gasteiger partial charge in [0.05, 0.1) is 12.2 Å². The second-order valence-corrected chi connectivity index (χ2v) is 6.45. The molecule has 3 heterocycles. The highest BCUT2D eigenvalue weighted by atomic mass is 16.2. The third-order valence-electron chi connectivity index (χ3n) is 4.33. The zero-order valence-electron chi connectivity index (χ0n) is 14.8. The smallest absolute Gasteiger partial charge is 0.291 e. The Bertz CT molecular complexity index is 977. The molecule has 9 heteroatoms. The summed E-state index contributed by atoms with van der Waals surface area (Å²) in [5.41, 5.74) is 1.89. The van der Waals surface area contributed by atoms with Crippen molar-refractivity contribution in [3.8, 4) is 0 Å². The van der Waals surface area contributed by atoms with Crippen LogP contribution in [-0.4, -0.2) is 42.4 Å². The summed E-state index contributed by atoms with van der Waals surface area (Å²) in [7, 11) is 0. The van der Waals surface area contributed by atoms with Crippen molar-refractivity contribution in [3.63, 3.8) is 0 Å². The lowest BCUT2D eigenvalue weighted by Crippen LogP contribution is -2.43. The average Bonchev–Trinajstić information content (AvgIpc) is 3.22. The van der Waals surface area contributed by atoms with Crippen LogP contribution in [0.5, 0.6) is 0 Å². The molecule has 2 N–H and O–H groups in total. The van der Waals surface area contributed by atoms with Crippen LogP contribution in [0, 0.1) is 6.92 Å². The molecule has 0 saturated heterocycles. The quantitative estimate of drug-likeness (QED) is 0.717. The van der Waals surface area contributed by atoms with Crippen LogP contribution in [0.1, 0.15) is 28.3 Å². The summed E-state index contributed by atoms with van der Waals surface area (Å²) >= 11 is 0. The molecule has 138 valence electrons. The van der Waals surface area contributed by atoms with Gasteiger partial charge in [-0.05, 0) is 18.9 Å². The molecular formula is C18H19N7O2. The fourth-order valence-electron chi connectivity index (χ4n) is 3.02. The second-order valence-electron chi connectivity index (χ2n) is 6.45. The lowest BCUT2D eigenvalue weighted by atomic mass is 10.2. The van der Waals surface area contributed by atoms with Gasteiger partial charge in [-0.25, -0.2) is 14.3 Å². The van der Waals surface area contributed by atoms with Gasteiger partial charge in [-0.2, -0.15) is 5.10 Å². The number of benzene rings is 1. The molecule has 9 nitrogen and oxygen atoms in total. The molecule has 4 rings (SSSR count). The fourth-order valence-corrected chi connectivity index (χ4v) is 3.02. The van der Waals surface area contributed by atoms with Crippen molar-refractivity contribution >= 4 is 17.6 Å². The minimum absolute atomic E-state index is 0.0385. The Balaban J connectivity index is 1.40. The van der Waals surface area contributed by atoms with Gasteiger partial charge in [0.1, 0.15) is 18.2 Å². The summed E-state index contributed by atoms with van der Waals surface area (Å²) in [6.07, 6.45) is 1.95. The summed E-state index contributed by atoms with van der Waals surface area (Å²) < 4.78 is 3.32. The predicted molar refractivity (Wildman–Crippen MR) is 97.0 cm³/mol. The normalized spacial score (nSPS) is 16.3. The Labute approximate surface area is 155 Å². The first kappa shape index (κ1) is 17.0. The van der Waals surface area contributed by atoms with Crippen molar-refractivity contribution in [2.24, 2.45) is 0 Å². The molecule has 0 radical (unpaired) electrons. The number of amides is 2. The number of aromatic nitrogens is 5. The SMILES string of the molecule is Cc1cc2n(n1)CC[C@@H](NC(=O)c1ncn(Cc3ccccc3)n1)C(=O)N2. The summed E-state index contributed by atoms with van der Waals surface area (Å²) in [6.45, 7) is 2.92. The molecule has 0 unspecified atom stereocenters. The average molecular weight is 365 g/mol. The van der Waals surface area contributed by atoms with Crippen LogP contribution >= 0.6 is 0 Å². The molecule has 0 bridgehead atoms. The van der Waals surface area contributed by atoms with Crippen LogP contribution in [0.3, 0.4) is 0 Å². The first-order valence-electron chi connectivity index (χ1n) is 8.68. The maximum absolute atomic E-state index is 12.4. The number of fused-ring (bicyclic) bond motifs is 1. The first-order chi connectivity index (χ1) is 13.1. The number of hydrogen-bond donors (Lipinski definition) is 2. The molecule has 27 heavy (non-hydrogen) atoms. The monoisotopic (exact) mass is 365 g/mol. The van der Waals surface area contributed by atoms with E-state index in [0.717, 1.165) is 11.3 Å². The van der Waals surface area contributed by atoms with E-state index in [4.69, 9.17) is 0 Å². The van der Waals surface area contributed by atoms with E-state index < -0.39 is 11.9 Å². The number of rotatable bonds is 4. The molecule has 2 amide bonds. The zero-order chi connectivity index (χ0) is 18.8. The minimum atomic E-state index is -0.666. The summed E-state index contributed by atoms with van der Waals surface area (Å²) in [4.78, 5) is 28.9. The van der Waals surface area contributed by atoms with Crippen molar-refractivity contribution in [3.05, 3.63) is 59.8 Å². The highest BCUT2D eigenvalue weighted by Gasteiger charge is 2.27. The lowest BCUT2D eigenvalue weighted by molar-refractivity contribution is -0.118. The van der Waals surface area contributed by atoms with Gasteiger partial charge >= 0.3 is 0 Å². The summed E-state index contributed by atoms with van der Waals surface area (Å²) in [5.74, 6) is -0.0699. The van der Waals surface area contributed by atoms with E-state index in [-0.39, 0.29) is 11.7 Å². The Morgan fingerprint density at radius 1 is 1.30 bits per heavy atom. The predicted octanol–water partition coefficient (Wildman–Crippen LogP) is 0.972. The van der Waals surface area contributed by atoms with Crippen molar-refractivity contribution in [2.75, 3.05) is 5.32 Å². The molecule has 1 aliphatic rings. The molecule has 0 spiro atoms. The molecule has 1 atom stereocenters. The summed E-state index contributed by atoms with van der Waals surface area (Å²) in [6, 6.07) is 10.9. The van der Waals surface area contributed by atoms with Gasteiger partial charge in [-0.1, -0.05) is 30.3 Å². The third-order valence-corrected chi connectivity index (χ3v) is 4.33. The van der Waals surface area contributed by atoms with Crippen molar-refractivity contribution < 1.29 is 9.59 Å². The van der Waals surface area contributed by atoms with Gasteiger partial charge in [-0.15, -0.1) is 5.10 Å². The number of nitrogens with one attached hydrogen (secondary N) is 2.